The smallest absolute Gasteiger partial charge is 0.233 e. The number of hydrogen-bond donors (Lipinski definition) is 1. The Labute approximate surface area is 128 Å². The summed E-state index contributed by atoms with van der Waals surface area (Å²) >= 11 is 1.40. The molecule has 2 fully saturated rings. The fourth-order valence-corrected chi connectivity index (χ4v) is 3.70. The Morgan fingerprint density at radius 2 is 2.10 bits per heavy atom. The van der Waals surface area contributed by atoms with E-state index >= 15 is 0 Å². The molecule has 0 atom stereocenters. The topological polar surface area (TPSA) is 84.1 Å². The maximum absolute atomic E-state index is 12.4. The minimum atomic E-state index is 0.0206. The van der Waals surface area contributed by atoms with Gasteiger partial charge in [-0.1, -0.05) is 24.6 Å². The standard InChI is InChI=1S/C13H21N5O2S/c19-8-7-17(10-3-1-2-4-10)12(20)9-21-13-14-15-16-18(13)11-5-6-11/h10-11,19H,1-9H2. The van der Waals surface area contributed by atoms with Gasteiger partial charge in [-0.05, 0) is 36.1 Å². The molecular weight excluding hydrogens is 290 g/mol. The van der Waals surface area contributed by atoms with Crippen LogP contribution in [0.5, 0.6) is 0 Å². The number of aromatic nitrogens is 4. The van der Waals surface area contributed by atoms with Crippen LogP contribution in [0.3, 0.4) is 0 Å². The van der Waals surface area contributed by atoms with Crippen molar-refractivity contribution in [2.75, 3.05) is 18.9 Å². The molecule has 0 aromatic carbocycles. The number of carbonyl (C=O) groups is 1. The van der Waals surface area contributed by atoms with Crippen molar-refractivity contribution in [1.29, 1.82) is 0 Å². The highest BCUT2D eigenvalue weighted by Crippen LogP contribution is 2.36. The van der Waals surface area contributed by atoms with E-state index in [4.69, 9.17) is 0 Å². The highest BCUT2D eigenvalue weighted by molar-refractivity contribution is 7.99. The average molecular weight is 311 g/mol. The molecule has 2 aliphatic carbocycles. The lowest BCUT2D eigenvalue weighted by Gasteiger charge is -2.28. The number of tetrazole rings is 1. The zero-order valence-electron chi connectivity index (χ0n) is 12.0. The Hall–Kier alpha value is -1.15. The quantitative estimate of drug-likeness (QED) is 0.752. The molecule has 3 rings (SSSR count). The van der Waals surface area contributed by atoms with Crippen LogP contribution < -0.4 is 0 Å². The Balaban J connectivity index is 1.57. The number of amides is 1. The van der Waals surface area contributed by atoms with Gasteiger partial charge in [0.1, 0.15) is 0 Å². The van der Waals surface area contributed by atoms with Crippen molar-refractivity contribution in [3.05, 3.63) is 0 Å². The molecule has 0 bridgehead atoms. The van der Waals surface area contributed by atoms with Crippen LogP contribution >= 0.6 is 11.8 Å². The molecule has 1 heterocycles. The first-order chi connectivity index (χ1) is 10.3. The number of carbonyl (C=O) groups excluding carboxylic acids is 1. The van der Waals surface area contributed by atoms with Gasteiger partial charge >= 0.3 is 0 Å². The van der Waals surface area contributed by atoms with E-state index in [1.807, 2.05) is 9.58 Å². The van der Waals surface area contributed by atoms with E-state index in [-0.39, 0.29) is 12.5 Å². The van der Waals surface area contributed by atoms with Crippen molar-refractivity contribution in [2.45, 2.75) is 55.8 Å². The van der Waals surface area contributed by atoms with E-state index in [0.717, 1.165) is 30.8 Å². The van der Waals surface area contributed by atoms with Crippen LogP contribution in [-0.2, 0) is 4.79 Å². The van der Waals surface area contributed by atoms with Gasteiger partial charge in [0.15, 0.2) is 0 Å². The van der Waals surface area contributed by atoms with Crippen molar-refractivity contribution in [3.63, 3.8) is 0 Å². The van der Waals surface area contributed by atoms with E-state index in [0.29, 0.717) is 24.4 Å². The molecule has 1 aromatic heterocycles. The summed E-state index contributed by atoms with van der Waals surface area (Å²) in [7, 11) is 0. The SMILES string of the molecule is O=C(CSc1nnnn1C1CC1)N(CCO)C1CCCC1. The molecule has 1 aromatic rings. The predicted octanol–water partition coefficient (Wildman–Crippen LogP) is 0.864. The van der Waals surface area contributed by atoms with Crippen molar-refractivity contribution < 1.29 is 9.90 Å². The van der Waals surface area contributed by atoms with Gasteiger partial charge in [-0.3, -0.25) is 4.79 Å². The fraction of sp³-hybridized carbons (Fsp3) is 0.846. The normalized spacial score (nSPS) is 19.1. The van der Waals surface area contributed by atoms with Crippen LogP contribution in [-0.4, -0.2) is 61.1 Å². The number of thioether (sulfide) groups is 1. The van der Waals surface area contributed by atoms with Gasteiger partial charge in [0.05, 0.1) is 18.4 Å². The van der Waals surface area contributed by atoms with Gasteiger partial charge in [-0.25, -0.2) is 4.68 Å². The molecule has 8 heteroatoms. The fourth-order valence-electron chi connectivity index (χ4n) is 2.87. The Morgan fingerprint density at radius 1 is 1.33 bits per heavy atom. The molecule has 21 heavy (non-hydrogen) atoms. The van der Waals surface area contributed by atoms with Crippen molar-refractivity contribution >= 4 is 17.7 Å². The summed E-state index contributed by atoms with van der Waals surface area (Å²) in [4.78, 5) is 14.3. The Morgan fingerprint density at radius 3 is 2.76 bits per heavy atom. The number of rotatable bonds is 7. The first kappa shape index (κ1) is 14.8. The van der Waals surface area contributed by atoms with Crippen LogP contribution in [0, 0.1) is 0 Å². The Kier molecular flexibility index (Phi) is 4.74. The first-order valence-electron chi connectivity index (χ1n) is 7.60. The van der Waals surface area contributed by atoms with Gasteiger partial charge in [-0.15, -0.1) is 5.10 Å². The summed E-state index contributed by atoms with van der Waals surface area (Å²) in [5, 5.41) is 21.6. The summed E-state index contributed by atoms with van der Waals surface area (Å²) < 4.78 is 1.82. The number of aliphatic hydroxyl groups excluding tert-OH is 1. The van der Waals surface area contributed by atoms with Crippen LogP contribution in [0.25, 0.3) is 0 Å². The molecular formula is C13H21N5O2S. The second-order valence-electron chi connectivity index (χ2n) is 5.67. The van der Waals surface area contributed by atoms with E-state index in [9.17, 15) is 9.90 Å². The monoisotopic (exact) mass is 311 g/mol. The van der Waals surface area contributed by atoms with E-state index < -0.39 is 0 Å². The maximum atomic E-state index is 12.4. The summed E-state index contributed by atoms with van der Waals surface area (Å²) in [6, 6.07) is 0.714. The molecule has 2 aliphatic rings. The zero-order chi connectivity index (χ0) is 14.7. The molecule has 0 unspecified atom stereocenters. The first-order valence-corrected chi connectivity index (χ1v) is 8.59. The van der Waals surface area contributed by atoms with E-state index in [2.05, 4.69) is 15.5 Å². The summed E-state index contributed by atoms with van der Waals surface area (Å²) in [6.45, 7) is 0.449. The van der Waals surface area contributed by atoms with Gasteiger partial charge in [0.2, 0.25) is 11.1 Å². The second-order valence-corrected chi connectivity index (χ2v) is 6.62. The molecule has 2 saturated carbocycles. The van der Waals surface area contributed by atoms with Crippen molar-refractivity contribution in [1.82, 2.24) is 25.1 Å². The number of nitrogens with zero attached hydrogens (tertiary/aromatic N) is 5. The van der Waals surface area contributed by atoms with Crippen LogP contribution in [0.1, 0.15) is 44.6 Å². The molecule has 1 amide bonds. The lowest BCUT2D eigenvalue weighted by atomic mass is 10.2. The number of hydrogen-bond acceptors (Lipinski definition) is 6. The van der Waals surface area contributed by atoms with Crippen LogP contribution in [0.15, 0.2) is 5.16 Å². The average Bonchev–Trinajstić information content (AvgIpc) is 3.02. The molecule has 0 spiro atoms. The molecule has 1 N–H and O–H groups in total. The van der Waals surface area contributed by atoms with Gasteiger partial charge < -0.3 is 10.0 Å². The Bertz CT molecular complexity index is 485. The second kappa shape index (κ2) is 6.74. The van der Waals surface area contributed by atoms with Crippen LogP contribution in [0.2, 0.25) is 0 Å². The minimum Gasteiger partial charge on any atom is -0.395 e. The third-order valence-electron chi connectivity index (χ3n) is 4.11. The van der Waals surface area contributed by atoms with E-state index in [1.54, 1.807) is 0 Å². The molecule has 0 saturated heterocycles. The summed E-state index contributed by atoms with van der Waals surface area (Å²) in [6.07, 6.45) is 6.68. The predicted molar refractivity (Wildman–Crippen MR) is 77.9 cm³/mol. The largest absolute Gasteiger partial charge is 0.395 e. The van der Waals surface area contributed by atoms with Crippen molar-refractivity contribution in [3.8, 4) is 0 Å². The molecule has 0 aliphatic heterocycles. The third-order valence-corrected chi connectivity index (χ3v) is 5.03. The maximum Gasteiger partial charge on any atom is 0.233 e. The molecule has 116 valence electrons. The molecule has 0 radical (unpaired) electrons. The summed E-state index contributed by atoms with van der Waals surface area (Å²) in [5.41, 5.74) is 0. The number of aliphatic hydroxyl groups is 1. The highest BCUT2D eigenvalue weighted by Gasteiger charge is 2.29. The van der Waals surface area contributed by atoms with Gasteiger partial charge in [0, 0.05) is 12.6 Å². The van der Waals surface area contributed by atoms with Crippen molar-refractivity contribution in [2.24, 2.45) is 0 Å². The third kappa shape index (κ3) is 3.55. The van der Waals surface area contributed by atoms with Gasteiger partial charge in [-0.2, -0.15) is 0 Å². The highest BCUT2D eigenvalue weighted by atomic mass is 32.2. The lowest BCUT2D eigenvalue weighted by Crippen LogP contribution is -2.41. The zero-order valence-corrected chi connectivity index (χ0v) is 12.8. The molecule has 7 nitrogen and oxygen atoms in total. The van der Waals surface area contributed by atoms with Gasteiger partial charge in [0.25, 0.3) is 0 Å². The van der Waals surface area contributed by atoms with Crippen LogP contribution in [0.4, 0.5) is 0 Å². The van der Waals surface area contributed by atoms with E-state index in [1.165, 1.54) is 24.6 Å². The minimum absolute atomic E-state index is 0.0206. The summed E-state index contributed by atoms with van der Waals surface area (Å²) in [5.74, 6) is 0.412. The lowest BCUT2D eigenvalue weighted by molar-refractivity contribution is -0.131.